The summed E-state index contributed by atoms with van der Waals surface area (Å²) in [6, 6.07) is 8.17. The number of nitrogen functional groups attached to an aromatic ring is 1. The predicted octanol–water partition coefficient (Wildman–Crippen LogP) is 5.54. The highest BCUT2D eigenvalue weighted by Gasteiger charge is 2.29. The minimum Gasteiger partial charge on any atom is -0.465 e. The molecule has 0 unspecified atom stereocenters. The van der Waals surface area contributed by atoms with Gasteiger partial charge in [-0.15, -0.1) is 0 Å². The van der Waals surface area contributed by atoms with Crippen LogP contribution < -0.4 is 21.7 Å². The molecule has 162 valence electrons. The highest BCUT2D eigenvalue weighted by atomic mass is 19.4. The summed E-state index contributed by atoms with van der Waals surface area (Å²) in [5.41, 5.74) is 4.94. The van der Waals surface area contributed by atoms with Gasteiger partial charge >= 0.3 is 12.3 Å². The van der Waals surface area contributed by atoms with E-state index in [1.165, 1.54) is 24.3 Å². The van der Waals surface area contributed by atoms with E-state index in [0.29, 0.717) is 0 Å². The van der Waals surface area contributed by atoms with Crippen LogP contribution in [-0.2, 0) is 6.18 Å². The summed E-state index contributed by atoms with van der Waals surface area (Å²) < 4.78 is 64.9. The van der Waals surface area contributed by atoms with Crippen molar-refractivity contribution >= 4 is 40.5 Å². The first-order valence-corrected chi connectivity index (χ1v) is 8.49. The maximum atomic E-state index is 13.5. The van der Waals surface area contributed by atoms with E-state index in [1.54, 1.807) is 0 Å². The maximum absolute atomic E-state index is 13.5. The fourth-order valence-electron chi connectivity index (χ4n) is 2.55. The van der Waals surface area contributed by atoms with Gasteiger partial charge in [0, 0.05) is 30.0 Å². The number of nitrogens with two attached hydrogens (primary N) is 1. The zero-order chi connectivity index (χ0) is 22.8. The van der Waals surface area contributed by atoms with E-state index < -0.39 is 29.5 Å². The molecular formula is C19H14F5N5O2. The Hall–Kier alpha value is -4.09. The molecule has 0 aliphatic carbocycles. The highest BCUT2D eigenvalue weighted by Crippen LogP contribution is 2.31. The molecule has 6 N–H and O–H groups in total. The Bertz CT molecular complexity index is 1120. The Morgan fingerprint density at radius 3 is 2.06 bits per heavy atom. The van der Waals surface area contributed by atoms with Gasteiger partial charge in [0.2, 0.25) is 0 Å². The van der Waals surface area contributed by atoms with E-state index in [9.17, 15) is 26.7 Å². The fourth-order valence-corrected chi connectivity index (χ4v) is 2.55. The molecule has 1 aromatic heterocycles. The third-order valence-corrected chi connectivity index (χ3v) is 3.92. The number of halogens is 5. The Labute approximate surface area is 171 Å². The summed E-state index contributed by atoms with van der Waals surface area (Å²) in [7, 11) is 0. The van der Waals surface area contributed by atoms with Gasteiger partial charge in [-0.3, -0.25) is 5.32 Å². The molecule has 0 saturated heterocycles. The number of alkyl halides is 3. The third-order valence-electron chi connectivity index (χ3n) is 3.92. The van der Waals surface area contributed by atoms with Gasteiger partial charge in [0.05, 0.1) is 22.6 Å². The van der Waals surface area contributed by atoms with Gasteiger partial charge < -0.3 is 21.5 Å². The minimum absolute atomic E-state index is 0.00151. The SMILES string of the molecule is Nc1cc(F)c(F)cc1Nc1cc(NC(=O)O)cc(Nc2ccc(C(F)(F)F)cc2)n1. The van der Waals surface area contributed by atoms with Crippen molar-refractivity contribution in [2.75, 3.05) is 21.7 Å². The smallest absolute Gasteiger partial charge is 0.416 e. The molecule has 3 aromatic rings. The molecule has 3 rings (SSSR count). The lowest BCUT2D eigenvalue weighted by molar-refractivity contribution is -0.137. The third kappa shape index (κ3) is 5.50. The summed E-state index contributed by atoms with van der Waals surface area (Å²) >= 11 is 0. The lowest BCUT2D eigenvalue weighted by Crippen LogP contribution is -2.09. The molecule has 31 heavy (non-hydrogen) atoms. The zero-order valence-electron chi connectivity index (χ0n) is 15.4. The van der Waals surface area contributed by atoms with Crippen molar-refractivity contribution in [3.63, 3.8) is 0 Å². The number of hydrogen-bond donors (Lipinski definition) is 5. The number of carbonyl (C=O) groups is 1. The number of benzene rings is 2. The summed E-state index contributed by atoms with van der Waals surface area (Å²) in [6.07, 6.45) is -5.88. The number of anilines is 6. The van der Waals surface area contributed by atoms with Gasteiger partial charge in [0.25, 0.3) is 0 Å². The van der Waals surface area contributed by atoms with Crippen LogP contribution in [0.4, 0.5) is 61.1 Å². The van der Waals surface area contributed by atoms with Gasteiger partial charge in [0.1, 0.15) is 11.6 Å². The van der Waals surface area contributed by atoms with Crippen molar-refractivity contribution < 1.29 is 31.9 Å². The number of rotatable bonds is 5. The number of carboxylic acid groups (broad SMARTS) is 1. The molecule has 0 radical (unpaired) electrons. The summed E-state index contributed by atoms with van der Waals surface area (Å²) in [5.74, 6) is -2.27. The quantitative estimate of drug-likeness (QED) is 0.264. The predicted molar refractivity (Wildman–Crippen MR) is 105 cm³/mol. The molecule has 0 atom stereocenters. The Morgan fingerprint density at radius 2 is 1.48 bits per heavy atom. The van der Waals surface area contributed by atoms with E-state index in [-0.39, 0.29) is 34.4 Å². The van der Waals surface area contributed by atoms with Crippen molar-refractivity contribution in [1.82, 2.24) is 4.98 Å². The van der Waals surface area contributed by atoms with Crippen LogP contribution in [0.5, 0.6) is 0 Å². The number of aromatic nitrogens is 1. The van der Waals surface area contributed by atoms with Crippen LogP contribution in [0.3, 0.4) is 0 Å². The van der Waals surface area contributed by atoms with Crippen molar-refractivity contribution in [1.29, 1.82) is 0 Å². The van der Waals surface area contributed by atoms with E-state index in [1.807, 2.05) is 0 Å². The first kappa shape index (κ1) is 21.6. The molecule has 7 nitrogen and oxygen atoms in total. The fraction of sp³-hybridized carbons (Fsp3) is 0.0526. The second-order valence-corrected chi connectivity index (χ2v) is 6.24. The monoisotopic (exact) mass is 439 g/mol. The topological polar surface area (TPSA) is 112 Å². The molecule has 1 heterocycles. The average Bonchev–Trinajstić information content (AvgIpc) is 2.65. The summed E-state index contributed by atoms with van der Waals surface area (Å²) in [4.78, 5) is 15.1. The van der Waals surface area contributed by atoms with Crippen molar-refractivity contribution in [2.45, 2.75) is 6.18 Å². The molecular weight excluding hydrogens is 425 g/mol. The van der Waals surface area contributed by atoms with Gasteiger partial charge in [-0.2, -0.15) is 13.2 Å². The lowest BCUT2D eigenvalue weighted by atomic mass is 10.2. The lowest BCUT2D eigenvalue weighted by Gasteiger charge is -2.14. The van der Waals surface area contributed by atoms with Crippen LogP contribution in [0, 0.1) is 11.6 Å². The molecule has 0 spiro atoms. The van der Waals surface area contributed by atoms with Crippen LogP contribution in [0.25, 0.3) is 0 Å². The van der Waals surface area contributed by atoms with Gasteiger partial charge in [0.15, 0.2) is 11.6 Å². The normalized spacial score (nSPS) is 11.1. The van der Waals surface area contributed by atoms with E-state index >= 15 is 0 Å². The molecule has 0 fully saturated rings. The number of hydrogen-bond acceptors (Lipinski definition) is 5. The minimum atomic E-state index is -4.50. The Kier molecular flexibility index (Phi) is 5.81. The zero-order valence-corrected chi connectivity index (χ0v) is 15.4. The molecule has 0 saturated carbocycles. The van der Waals surface area contributed by atoms with Crippen LogP contribution in [-0.4, -0.2) is 16.2 Å². The first-order chi connectivity index (χ1) is 14.5. The highest BCUT2D eigenvalue weighted by molar-refractivity contribution is 5.85. The first-order valence-electron chi connectivity index (χ1n) is 8.49. The van der Waals surface area contributed by atoms with Crippen molar-refractivity contribution in [2.24, 2.45) is 0 Å². The van der Waals surface area contributed by atoms with Crippen LogP contribution in [0.15, 0.2) is 48.5 Å². The number of pyridine rings is 1. The van der Waals surface area contributed by atoms with Crippen molar-refractivity contribution in [3.05, 3.63) is 65.7 Å². The molecule has 1 amide bonds. The number of nitrogens with one attached hydrogen (secondary N) is 3. The van der Waals surface area contributed by atoms with Crippen LogP contribution in [0.1, 0.15) is 5.56 Å². The van der Waals surface area contributed by atoms with E-state index in [0.717, 1.165) is 24.3 Å². The van der Waals surface area contributed by atoms with Crippen LogP contribution >= 0.6 is 0 Å². The van der Waals surface area contributed by atoms with E-state index in [2.05, 4.69) is 20.9 Å². The maximum Gasteiger partial charge on any atom is 0.416 e. The van der Waals surface area contributed by atoms with Crippen molar-refractivity contribution in [3.8, 4) is 0 Å². The molecule has 0 aliphatic heterocycles. The van der Waals surface area contributed by atoms with E-state index in [4.69, 9.17) is 10.8 Å². The molecule has 0 bridgehead atoms. The average molecular weight is 439 g/mol. The van der Waals surface area contributed by atoms with Gasteiger partial charge in [-0.1, -0.05) is 0 Å². The summed E-state index contributed by atoms with van der Waals surface area (Å²) in [6.45, 7) is 0. The largest absolute Gasteiger partial charge is 0.465 e. The number of nitrogens with zero attached hydrogens (tertiary/aromatic N) is 1. The second-order valence-electron chi connectivity index (χ2n) is 6.24. The standard InChI is InChI=1S/C19H14F5N5O2/c20-12-7-14(25)15(8-13(12)21)28-17-6-11(27-18(30)31)5-16(29-17)26-10-3-1-9(2-4-10)19(22,23)24/h1-8H,25H2,(H,30,31)(H3,26,27,28,29). The Morgan fingerprint density at radius 1 is 0.903 bits per heavy atom. The Balaban J connectivity index is 1.92. The molecule has 2 aromatic carbocycles. The summed E-state index contributed by atoms with van der Waals surface area (Å²) in [5, 5.41) is 16.4. The molecule has 12 heteroatoms. The number of amides is 1. The van der Waals surface area contributed by atoms with Gasteiger partial charge in [-0.05, 0) is 24.3 Å². The molecule has 0 aliphatic rings. The van der Waals surface area contributed by atoms with Gasteiger partial charge in [-0.25, -0.2) is 18.6 Å². The van der Waals surface area contributed by atoms with Crippen LogP contribution in [0.2, 0.25) is 0 Å². The second kappa shape index (κ2) is 8.34.